The average Bonchev–Trinajstić information content (AvgIpc) is 2.79. The van der Waals surface area contributed by atoms with Crippen molar-refractivity contribution in [2.24, 2.45) is 13.0 Å². The molecule has 66 valence electrons. The Kier molecular flexibility index (Phi) is 1.68. The second-order valence-corrected chi connectivity index (χ2v) is 3.62. The fourth-order valence-electron chi connectivity index (χ4n) is 1.62. The summed E-state index contributed by atoms with van der Waals surface area (Å²) in [4.78, 5) is 0. The minimum Gasteiger partial charge on any atom is -0.387 e. The van der Waals surface area contributed by atoms with Crippen LogP contribution < -0.4 is 0 Å². The fraction of sp³-hybridized carbons (Fsp3) is 0.667. The number of nitrogens with zero attached hydrogens (tertiary/aromatic N) is 2. The lowest BCUT2D eigenvalue weighted by Gasteiger charge is -2.10. The number of aromatic nitrogens is 2. The van der Waals surface area contributed by atoms with Crippen molar-refractivity contribution >= 4 is 0 Å². The normalized spacial score (nSPS) is 19.6. The SMILES string of the molecule is Cc1cnn(C)c1C(O)C1CC1. The van der Waals surface area contributed by atoms with Gasteiger partial charge in [-0.15, -0.1) is 0 Å². The lowest BCUT2D eigenvalue weighted by atomic mass is 10.1. The molecule has 3 heteroatoms. The Morgan fingerprint density at radius 3 is 2.75 bits per heavy atom. The van der Waals surface area contributed by atoms with Crippen molar-refractivity contribution in [3.05, 3.63) is 17.5 Å². The van der Waals surface area contributed by atoms with Crippen LogP contribution in [-0.2, 0) is 7.05 Å². The second kappa shape index (κ2) is 2.59. The largest absolute Gasteiger partial charge is 0.387 e. The van der Waals surface area contributed by atoms with E-state index in [-0.39, 0.29) is 6.10 Å². The van der Waals surface area contributed by atoms with Crippen molar-refractivity contribution in [1.82, 2.24) is 9.78 Å². The number of aryl methyl sites for hydroxylation is 2. The minimum absolute atomic E-state index is 0.294. The Bertz CT molecular complexity index is 269. The van der Waals surface area contributed by atoms with Gasteiger partial charge in [0.1, 0.15) is 0 Å². The highest BCUT2D eigenvalue weighted by Crippen LogP contribution is 2.41. The van der Waals surface area contributed by atoms with Crippen molar-refractivity contribution in [3.8, 4) is 0 Å². The molecule has 0 bridgehead atoms. The quantitative estimate of drug-likeness (QED) is 0.716. The lowest BCUT2D eigenvalue weighted by molar-refractivity contribution is 0.143. The van der Waals surface area contributed by atoms with Crippen LogP contribution in [0.1, 0.15) is 30.2 Å². The summed E-state index contributed by atoms with van der Waals surface area (Å²) in [6.07, 6.45) is 3.83. The van der Waals surface area contributed by atoms with Gasteiger partial charge < -0.3 is 5.11 Å². The maximum absolute atomic E-state index is 9.85. The summed E-state index contributed by atoms with van der Waals surface area (Å²) in [6.45, 7) is 1.99. The van der Waals surface area contributed by atoms with Gasteiger partial charge in [-0.05, 0) is 31.2 Å². The number of aliphatic hydroxyl groups is 1. The zero-order valence-corrected chi connectivity index (χ0v) is 7.49. The van der Waals surface area contributed by atoms with E-state index in [0.717, 1.165) is 24.1 Å². The Labute approximate surface area is 72.0 Å². The van der Waals surface area contributed by atoms with Gasteiger partial charge >= 0.3 is 0 Å². The maximum atomic E-state index is 9.85. The maximum Gasteiger partial charge on any atom is 0.0987 e. The molecule has 1 aromatic rings. The van der Waals surface area contributed by atoms with E-state index in [4.69, 9.17) is 0 Å². The molecule has 3 nitrogen and oxygen atoms in total. The van der Waals surface area contributed by atoms with Gasteiger partial charge in [0.25, 0.3) is 0 Å². The van der Waals surface area contributed by atoms with Crippen LogP contribution in [0.5, 0.6) is 0 Å². The predicted molar refractivity (Wildman–Crippen MR) is 45.6 cm³/mol. The molecule has 12 heavy (non-hydrogen) atoms. The van der Waals surface area contributed by atoms with Crippen LogP contribution in [0.25, 0.3) is 0 Å². The lowest BCUT2D eigenvalue weighted by Crippen LogP contribution is -2.08. The third-order valence-electron chi connectivity index (χ3n) is 2.53. The van der Waals surface area contributed by atoms with Gasteiger partial charge in [0.2, 0.25) is 0 Å². The van der Waals surface area contributed by atoms with Gasteiger partial charge in [-0.1, -0.05) is 0 Å². The Balaban J connectivity index is 2.30. The first-order chi connectivity index (χ1) is 5.70. The van der Waals surface area contributed by atoms with Gasteiger partial charge in [0.15, 0.2) is 0 Å². The molecule has 0 spiro atoms. The third kappa shape index (κ3) is 1.14. The van der Waals surface area contributed by atoms with E-state index in [1.165, 1.54) is 0 Å². The van der Waals surface area contributed by atoms with E-state index >= 15 is 0 Å². The topological polar surface area (TPSA) is 38.0 Å². The molecule has 1 atom stereocenters. The van der Waals surface area contributed by atoms with Crippen molar-refractivity contribution in [3.63, 3.8) is 0 Å². The first-order valence-corrected chi connectivity index (χ1v) is 4.36. The number of hydrogen-bond acceptors (Lipinski definition) is 2. The highest BCUT2D eigenvalue weighted by atomic mass is 16.3. The van der Waals surface area contributed by atoms with Crippen LogP contribution in [0.3, 0.4) is 0 Å². The summed E-state index contributed by atoms with van der Waals surface area (Å²) in [5.41, 5.74) is 2.08. The Morgan fingerprint density at radius 2 is 2.33 bits per heavy atom. The van der Waals surface area contributed by atoms with Crippen LogP contribution >= 0.6 is 0 Å². The van der Waals surface area contributed by atoms with Crippen LogP contribution in [0.15, 0.2) is 6.20 Å². The summed E-state index contributed by atoms with van der Waals surface area (Å²) in [5, 5.41) is 14.0. The second-order valence-electron chi connectivity index (χ2n) is 3.62. The molecule has 1 N–H and O–H groups in total. The molecular formula is C9H14N2O. The summed E-state index contributed by atoms with van der Waals surface area (Å²) < 4.78 is 1.78. The van der Waals surface area contributed by atoms with Gasteiger partial charge in [-0.3, -0.25) is 4.68 Å². The van der Waals surface area contributed by atoms with Gasteiger partial charge in [0.05, 0.1) is 18.0 Å². The van der Waals surface area contributed by atoms with E-state index in [2.05, 4.69) is 5.10 Å². The van der Waals surface area contributed by atoms with Crippen LogP contribution in [0.4, 0.5) is 0 Å². The van der Waals surface area contributed by atoms with Crippen molar-refractivity contribution < 1.29 is 5.11 Å². The molecule has 1 aliphatic rings. The molecule has 1 fully saturated rings. The molecule has 0 aromatic carbocycles. The van der Waals surface area contributed by atoms with Crippen molar-refractivity contribution in [2.45, 2.75) is 25.9 Å². The fourth-order valence-corrected chi connectivity index (χ4v) is 1.62. The molecule has 1 aromatic heterocycles. The summed E-state index contributed by atoms with van der Waals surface area (Å²) >= 11 is 0. The van der Waals surface area contributed by atoms with E-state index in [0.29, 0.717) is 5.92 Å². The number of hydrogen-bond donors (Lipinski definition) is 1. The minimum atomic E-state index is -0.294. The highest BCUT2D eigenvalue weighted by Gasteiger charge is 2.33. The molecular weight excluding hydrogens is 152 g/mol. The monoisotopic (exact) mass is 166 g/mol. The van der Waals surface area contributed by atoms with Crippen LogP contribution in [0, 0.1) is 12.8 Å². The molecule has 0 amide bonds. The summed E-state index contributed by atoms with van der Waals surface area (Å²) in [6, 6.07) is 0. The third-order valence-corrected chi connectivity index (χ3v) is 2.53. The van der Waals surface area contributed by atoms with Crippen molar-refractivity contribution in [1.29, 1.82) is 0 Å². The van der Waals surface area contributed by atoms with E-state index in [1.54, 1.807) is 10.9 Å². The molecule has 0 radical (unpaired) electrons. The molecule has 0 saturated heterocycles. The van der Waals surface area contributed by atoms with Gasteiger partial charge in [0, 0.05) is 7.05 Å². The molecule has 1 saturated carbocycles. The van der Waals surface area contributed by atoms with E-state index < -0.39 is 0 Å². The Morgan fingerprint density at radius 1 is 1.67 bits per heavy atom. The molecule has 1 heterocycles. The molecule has 1 unspecified atom stereocenters. The van der Waals surface area contributed by atoms with Gasteiger partial charge in [-0.2, -0.15) is 5.10 Å². The highest BCUT2D eigenvalue weighted by molar-refractivity contribution is 5.19. The summed E-state index contributed by atoms with van der Waals surface area (Å²) in [7, 11) is 1.88. The Hall–Kier alpha value is -0.830. The summed E-state index contributed by atoms with van der Waals surface area (Å²) in [5.74, 6) is 0.485. The van der Waals surface area contributed by atoms with E-state index in [9.17, 15) is 5.11 Å². The molecule has 2 rings (SSSR count). The predicted octanol–water partition coefficient (Wildman–Crippen LogP) is 1.17. The number of aliphatic hydroxyl groups excluding tert-OH is 1. The molecule has 0 aliphatic heterocycles. The van der Waals surface area contributed by atoms with Crippen LogP contribution in [0.2, 0.25) is 0 Å². The van der Waals surface area contributed by atoms with Crippen molar-refractivity contribution in [2.75, 3.05) is 0 Å². The first-order valence-electron chi connectivity index (χ1n) is 4.36. The zero-order valence-electron chi connectivity index (χ0n) is 7.49. The standard InChI is InChI=1S/C9H14N2O/c1-6-5-10-11(2)8(6)9(12)7-3-4-7/h5,7,9,12H,3-4H2,1-2H3. The van der Waals surface area contributed by atoms with Crippen LogP contribution in [-0.4, -0.2) is 14.9 Å². The first kappa shape index (κ1) is 7.80. The average molecular weight is 166 g/mol. The van der Waals surface area contributed by atoms with E-state index in [1.807, 2.05) is 14.0 Å². The zero-order chi connectivity index (χ0) is 8.72. The smallest absolute Gasteiger partial charge is 0.0987 e. The van der Waals surface area contributed by atoms with Gasteiger partial charge in [-0.25, -0.2) is 0 Å². The molecule has 1 aliphatic carbocycles. The number of rotatable bonds is 2.